The van der Waals surface area contributed by atoms with Crippen molar-refractivity contribution in [1.82, 2.24) is 20.4 Å². The van der Waals surface area contributed by atoms with Crippen LogP contribution >= 0.6 is 11.8 Å². The number of amides is 1. The number of benzene rings is 1. The number of alkyl halides is 3. The van der Waals surface area contributed by atoms with Gasteiger partial charge in [-0.25, -0.2) is 15.0 Å². The highest BCUT2D eigenvalue weighted by atomic mass is 32.2. The lowest BCUT2D eigenvalue weighted by atomic mass is 10.2. The summed E-state index contributed by atoms with van der Waals surface area (Å²) in [4.78, 5) is 28.5. The number of aliphatic imine (C=N–C) groups is 2. The number of carbonyl (C=O) groups is 1. The van der Waals surface area contributed by atoms with Crippen molar-refractivity contribution < 1.29 is 22.5 Å². The molecular formula is C23H21F3N6O2S. The Hall–Kier alpha value is -3.67. The predicted octanol–water partition coefficient (Wildman–Crippen LogP) is 5.79. The molecule has 182 valence electrons. The Labute approximate surface area is 202 Å². The van der Waals surface area contributed by atoms with Gasteiger partial charge in [-0.15, -0.1) is 0 Å². The summed E-state index contributed by atoms with van der Waals surface area (Å²) in [5, 5.41) is 7.42. The monoisotopic (exact) mass is 502 g/mol. The van der Waals surface area contributed by atoms with Crippen molar-refractivity contribution in [2.45, 2.75) is 39.4 Å². The van der Waals surface area contributed by atoms with Crippen molar-refractivity contribution in [3.05, 3.63) is 59.1 Å². The minimum absolute atomic E-state index is 0.226. The van der Waals surface area contributed by atoms with Gasteiger partial charge in [0, 0.05) is 17.8 Å². The highest BCUT2D eigenvalue weighted by Gasteiger charge is 2.31. The molecule has 1 aromatic carbocycles. The second-order valence-corrected chi connectivity index (χ2v) is 8.51. The molecule has 0 spiro atoms. The number of rotatable bonds is 6. The van der Waals surface area contributed by atoms with Gasteiger partial charge in [-0.2, -0.15) is 13.2 Å². The maximum absolute atomic E-state index is 13.0. The van der Waals surface area contributed by atoms with Crippen LogP contribution in [0.15, 0.2) is 62.3 Å². The van der Waals surface area contributed by atoms with Gasteiger partial charge < -0.3 is 14.8 Å². The van der Waals surface area contributed by atoms with Crippen molar-refractivity contribution in [2.75, 3.05) is 0 Å². The Morgan fingerprint density at radius 2 is 2.14 bits per heavy atom. The fourth-order valence-corrected chi connectivity index (χ4v) is 3.91. The van der Waals surface area contributed by atoms with Crippen LogP contribution in [0, 0.1) is 0 Å². The largest absolute Gasteiger partial charge is 0.416 e. The summed E-state index contributed by atoms with van der Waals surface area (Å²) in [5.74, 6) is 0.261. The van der Waals surface area contributed by atoms with Crippen LogP contribution in [-0.4, -0.2) is 31.6 Å². The van der Waals surface area contributed by atoms with Crippen LogP contribution < -0.4 is 5.32 Å². The number of hydrogen-bond acceptors (Lipinski definition) is 7. The molecule has 1 amide bonds. The van der Waals surface area contributed by atoms with E-state index >= 15 is 0 Å². The second-order valence-electron chi connectivity index (χ2n) is 7.68. The maximum atomic E-state index is 13.0. The van der Waals surface area contributed by atoms with E-state index in [4.69, 9.17) is 4.52 Å². The first-order valence-electron chi connectivity index (χ1n) is 10.7. The molecule has 0 fully saturated rings. The van der Waals surface area contributed by atoms with Crippen molar-refractivity contribution in [3.8, 4) is 11.5 Å². The molecule has 0 aliphatic carbocycles. The van der Waals surface area contributed by atoms with E-state index in [1.54, 1.807) is 31.7 Å². The maximum Gasteiger partial charge on any atom is 0.416 e. The van der Waals surface area contributed by atoms with Gasteiger partial charge in [0.25, 0.3) is 0 Å². The Bertz CT molecular complexity index is 1380. The molecule has 2 N–H and O–H groups in total. The molecule has 0 bridgehead atoms. The molecule has 1 unspecified atom stereocenters. The SMILES string of the molecule is CC/C=C/N=C1\SC=N\C1=C(\C)C(=O)NC(C)c1cc(-c2nc3ccc(C(F)(F)F)cc3[nH]2)no1. The molecule has 3 aromatic rings. The normalized spacial score (nSPS) is 17.6. The van der Waals surface area contributed by atoms with Crippen molar-refractivity contribution in [2.24, 2.45) is 9.98 Å². The number of allylic oxidation sites excluding steroid dienone is 1. The zero-order chi connectivity index (χ0) is 25.2. The van der Waals surface area contributed by atoms with Gasteiger partial charge >= 0.3 is 6.18 Å². The van der Waals surface area contributed by atoms with Gasteiger partial charge in [0.1, 0.15) is 16.4 Å². The van der Waals surface area contributed by atoms with Crippen LogP contribution in [0.2, 0.25) is 0 Å². The first-order valence-corrected chi connectivity index (χ1v) is 11.5. The van der Waals surface area contributed by atoms with Crippen LogP contribution in [0.5, 0.6) is 0 Å². The number of hydrogen-bond donors (Lipinski definition) is 2. The standard InChI is InChI=1S/C23H21F3N6O2S/c1-4-5-8-27-22-19(28-11-35-22)12(2)21(33)29-13(3)18-10-17(32-34-18)20-30-15-7-6-14(23(24,25)26)9-16(15)31-20/h5-11,13H,4H2,1-3H3,(H,29,33)(H,30,31)/b8-5+,19-12-,27-22-. The van der Waals surface area contributed by atoms with Crippen LogP contribution in [0.25, 0.3) is 22.6 Å². The van der Waals surface area contributed by atoms with Gasteiger partial charge in [-0.05, 0) is 38.5 Å². The molecule has 35 heavy (non-hydrogen) atoms. The van der Waals surface area contributed by atoms with Crippen molar-refractivity contribution in [3.63, 3.8) is 0 Å². The number of halogens is 3. The number of imidazole rings is 1. The summed E-state index contributed by atoms with van der Waals surface area (Å²) in [5.41, 5.74) is 2.64. The lowest BCUT2D eigenvalue weighted by molar-refractivity contribution is -0.137. The molecular weight excluding hydrogens is 481 g/mol. The minimum Gasteiger partial charge on any atom is -0.358 e. The van der Waals surface area contributed by atoms with Crippen molar-refractivity contribution in [1.29, 1.82) is 0 Å². The first kappa shape index (κ1) is 24.5. The molecule has 1 atom stereocenters. The third kappa shape index (κ3) is 5.37. The van der Waals surface area contributed by atoms with E-state index in [1.807, 2.05) is 13.0 Å². The zero-order valence-corrected chi connectivity index (χ0v) is 19.8. The molecule has 3 heterocycles. The Morgan fingerprint density at radius 3 is 2.89 bits per heavy atom. The van der Waals surface area contributed by atoms with Gasteiger partial charge in [0.15, 0.2) is 11.6 Å². The molecule has 0 saturated heterocycles. The van der Waals surface area contributed by atoms with Crippen LogP contribution in [-0.2, 0) is 11.0 Å². The van der Waals surface area contributed by atoms with Crippen LogP contribution in [0.3, 0.4) is 0 Å². The van der Waals surface area contributed by atoms with E-state index in [-0.39, 0.29) is 17.2 Å². The Morgan fingerprint density at radius 1 is 1.34 bits per heavy atom. The fourth-order valence-electron chi connectivity index (χ4n) is 3.21. The summed E-state index contributed by atoms with van der Waals surface area (Å²) in [6, 6.07) is 4.28. The zero-order valence-electron chi connectivity index (χ0n) is 19.0. The number of carbonyl (C=O) groups excluding carboxylic acids is 1. The van der Waals surface area contributed by atoms with Gasteiger partial charge in [-0.1, -0.05) is 29.9 Å². The third-order valence-electron chi connectivity index (χ3n) is 5.13. The average molecular weight is 503 g/mol. The van der Waals surface area contributed by atoms with E-state index in [0.717, 1.165) is 18.6 Å². The lowest BCUT2D eigenvalue weighted by Gasteiger charge is -2.11. The number of thioether (sulfide) groups is 1. The number of nitrogens with one attached hydrogen (secondary N) is 2. The average Bonchev–Trinajstić information content (AvgIpc) is 3.56. The van der Waals surface area contributed by atoms with Gasteiger partial charge in [-0.3, -0.25) is 4.79 Å². The molecule has 1 aliphatic heterocycles. The fraction of sp³-hybridized carbons (Fsp3) is 0.261. The number of fused-ring (bicyclic) bond motifs is 1. The predicted molar refractivity (Wildman–Crippen MR) is 129 cm³/mol. The summed E-state index contributed by atoms with van der Waals surface area (Å²) in [6.45, 7) is 5.38. The van der Waals surface area contributed by atoms with Gasteiger partial charge in [0.05, 0.1) is 28.2 Å². The molecule has 2 aromatic heterocycles. The van der Waals surface area contributed by atoms with E-state index in [2.05, 4.69) is 30.4 Å². The molecule has 0 radical (unpaired) electrons. The van der Waals surface area contributed by atoms with E-state index in [0.29, 0.717) is 33.3 Å². The van der Waals surface area contributed by atoms with E-state index in [9.17, 15) is 18.0 Å². The topological polar surface area (TPSA) is 109 Å². The van der Waals surface area contributed by atoms with Crippen LogP contribution in [0.1, 0.15) is 44.6 Å². The highest BCUT2D eigenvalue weighted by Crippen LogP contribution is 2.32. The van der Waals surface area contributed by atoms with Gasteiger partial charge in [0.2, 0.25) is 5.91 Å². The highest BCUT2D eigenvalue weighted by molar-refractivity contribution is 8.26. The Kier molecular flexibility index (Phi) is 6.92. The number of aromatic amines is 1. The van der Waals surface area contributed by atoms with E-state index in [1.165, 1.54) is 17.8 Å². The summed E-state index contributed by atoms with van der Waals surface area (Å²) >= 11 is 1.33. The Balaban J connectivity index is 1.50. The van der Waals surface area contributed by atoms with Crippen LogP contribution in [0.4, 0.5) is 13.2 Å². The number of H-pyrrole nitrogens is 1. The number of nitrogens with zero attached hydrogens (tertiary/aromatic N) is 4. The molecule has 12 heteroatoms. The molecule has 0 saturated carbocycles. The van der Waals surface area contributed by atoms with E-state index < -0.39 is 17.8 Å². The molecule has 1 aliphatic rings. The first-order chi connectivity index (χ1) is 16.7. The molecule has 4 rings (SSSR count). The quantitative estimate of drug-likeness (QED) is 0.415. The summed E-state index contributed by atoms with van der Waals surface area (Å²) in [7, 11) is 0. The van der Waals surface area contributed by atoms with Crippen molar-refractivity contribution >= 4 is 39.3 Å². The second kappa shape index (κ2) is 9.90. The summed E-state index contributed by atoms with van der Waals surface area (Å²) in [6.07, 6.45) is -0.0222. The molecule has 8 nitrogen and oxygen atoms in total. The smallest absolute Gasteiger partial charge is 0.358 e. The number of aromatic nitrogens is 3. The lowest BCUT2D eigenvalue weighted by Crippen LogP contribution is -2.28. The third-order valence-corrected chi connectivity index (χ3v) is 5.86. The minimum atomic E-state index is -4.46. The summed E-state index contributed by atoms with van der Waals surface area (Å²) < 4.78 is 44.3.